The number of nitrogens with zero attached hydrogens (tertiary/aromatic N) is 2. The molecule has 1 fully saturated rings. The maximum absolute atomic E-state index is 12.3. The lowest BCUT2D eigenvalue weighted by atomic mass is 10.2. The summed E-state index contributed by atoms with van der Waals surface area (Å²) in [6, 6.07) is 3.47. The molecule has 2 atom stereocenters. The molecule has 1 amide bonds. The van der Waals surface area contributed by atoms with Gasteiger partial charge in [-0.1, -0.05) is 0 Å². The van der Waals surface area contributed by atoms with Crippen LogP contribution in [0.1, 0.15) is 17.3 Å². The Morgan fingerprint density at radius 2 is 2.39 bits per heavy atom. The summed E-state index contributed by atoms with van der Waals surface area (Å²) in [7, 11) is 0. The molecule has 1 aliphatic heterocycles. The van der Waals surface area contributed by atoms with E-state index in [1.807, 2.05) is 6.92 Å². The molecule has 2 heterocycles. The first-order valence-electron chi connectivity index (χ1n) is 5.77. The zero-order chi connectivity index (χ0) is 13.1. The molecule has 1 aromatic rings. The van der Waals surface area contributed by atoms with E-state index in [0.29, 0.717) is 23.3 Å². The lowest BCUT2D eigenvalue weighted by Gasteiger charge is -2.36. The number of amides is 1. The van der Waals surface area contributed by atoms with E-state index >= 15 is 0 Å². The summed E-state index contributed by atoms with van der Waals surface area (Å²) in [4.78, 5) is 18.0. The fraction of sp³-hybridized carbons (Fsp3) is 0.500. The summed E-state index contributed by atoms with van der Waals surface area (Å²) < 4.78 is 6.20. The average molecular weight is 315 g/mol. The number of pyridine rings is 1. The van der Waals surface area contributed by atoms with Crippen molar-refractivity contribution < 1.29 is 14.6 Å². The third-order valence-corrected chi connectivity index (χ3v) is 3.26. The minimum Gasteiger partial charge on any atom is -0.394 e. The number of hydrogen-bond donors (Lipinski definition) is 1. The number of rotatable bonds is 2. The van der Waals surface area contributed by atoms with Crippen LogP contribution in [0.5, 0.6) is 0 Å². The monoisotopic (exact) mass is 314 g/mol. The van der Waals surface area contributed by atoms with Crippen LogP contribution in [0, 0.1) is 0 Å². The molecule has 18 heavy (non-hydrogen) atoms. The van der Waals surface area contributed by atoms with Crippen LogP contribution >= 0.6 is 15.9 Å². The number of hydrogen-bond acceptors (Lipinski definition) is 4. The Labute approximate surface area is 114 Å². The van der Waals surface area contributed by atoms with E-state index in [-0.39, 0.29) is 24.7 Å². The second-order valence-corrected chi connectivity index (χ2v) is 5.14. The highest BCUT2D eigenvalue weighted by Crippen LogP contribution is 2.15. The first-order chi connectivity index (χ1) is 8.60. The van der Waals surface area contributed by atoms with Gasteiger partial charge in [0, 0.05) is 19.3 Å². The van der Waals surface area contributed by atoms with Crippen molar-refractivity contribution in [2.75, 3.05) is 19.7 Å². The van der Waals surface area contributed by atoms with E-state index in [1.165, 1.54) is 0 Å². The quantitative estimate of drug-likeness (QED) is 0.829. The van der Waals surface area contributed by atoms with Gasteiger partial charge in [0.25, 0.3) is 5.91 Å². The Morgan fingerprint density at radius 3 is 3.00 bits per heavy atom. The molecule has 1 aromatic heterocycles. The van der Waals surface area contributed by atoms with E-state index in [0.717, 1.165) is 0 Å². The lowest BCUT2D eigenvalue weighted by Crippen LogP contribution is -2.50. The Morgan fingerprint density at radius 1 is 1.61 bits per heavy atom. The maximum Gasteiger partial charge on any atom is 0.255 e. The molecule has 0 radical (unpaired) electrons. The second-order valence-electron chi connectivity index (χ2n) is 4.33. The van der Waals surface area contributed by atoms with Crippen LogP contribution < -0.4 is 0 Å². The zero-order valence-electron chi connectivity index (χ0n) is 10.0. The van der Waals surface area contributed by atoms with Crippen molar-refractivity contribution >= 4 is 21.8 Å². The van der Waals surface area contributed by atoms with Gasteiger partial charge >= 0.3 is 0 Å². The summed E-state index contributed by atoms with van der Waals surface area (Å²) >= 11 is 3.23. The Hall–Kier alpha value is -0.980. The van der Waals surface area contributed by atoms with E-state index < -0.39 is 0 Å². The number of morpholine rings is 1. The van der Waals surface area contributed by atoms with Gasteiger partial charge in [-0.05, 0) is 35.0 Å². The molecular formula is C12H15BrN2O3. The van der Waals surface area contributed by atoms with Gasteiger partial charge in [0.05, 0.1) is 24.4 Å². The largest absolute Gasteiger partial charge is 0.394 e. The third-order valence-electron chi connectivity index (χ3n) is 2.79. The van der Waals surface area contributed by atoms with Gasteiger partial charge in [-0.25, -0.2) is 4.98 Å². The molecule has 98 valence electrons. The van der Waals surface area contributed by atoms with Crippen LogP contribution in [0.25, 0.3) is 0 Å². The minimum atomic E-state index is -0.305. The van der Waals surface area contributed by atoms with Crippen LogP contribution in [0.2, 0.25) is 0 Å². The van der Waals surface area contributed by atoms with Gasteiger partial charge in [-0.2, -0.15) is 0 Å². The van der Waals surface area contributed by atoms with Crippen molar-refractivity contribution in [1.29, 1.82) is 0 Å². The molecule has 0 aliphatic carbocycles. The summed E-state index contributed by atoms with van der Waals surface area (Å²) in [5, 5.41) is 9.13. The maximum atomic E-state index is 12.3. The highest BCUT2D eigenvalue weighted by molar-refractivity contribution is 9.10. The van der Waals surface area contributed by atoms with Crippen molar-refractivity contribution in [2.45, 2.75) is 19.1 Å². The highest BCUT2D eigenvalue weighted by Gasteiger charge is 2.28. The van der Waals surface area contributed by atoms with Crippen LogP contribution in [-0.2, 0) is 4.74 Å². The number of carbonyl (C=O) groups excluding carboxylic acids is 1. The molecule has 0 saturated carbocycles. The number of aromatic nitrogens is 1. The van der Waals surface area contributed by atoms with E-state index in [2.05, 4.69) is 20.9 Å². The van der Waals surface area contributed by atoms with Gasteiger partial charge in [0.1, 0.15) is 4.60 Å². The van der Waals surface area contributed by atoms with Gasteiger partial charge in [-0.3, -0.25) is 4.79 Å². The molecule has 1 saturated heterocycles. The number of carbonyl (C=O) groups is 1. The fourth-order valence-corrected chi connectivity index (χ4v) is 2.23. The molecule has 2 rings (SSSR count). The predicted octanol–water partition coefficient (Wildman–Crippen LogP) is 1.07. The first kappa shape index (κ1) is 13.5. The van der Waals surface area contributed by atoms with Crippen LogP contribution in [-0.4, -0.2) is 52.8 Å². The summed E-state index contributed by atoms with van der Waals surface area (Å²) in [6.45, 7) is 2.76. The van der Waals surface area contributed by atoms with Crippen molar-refractivity contribution in [1.82, 2.24) is 9.88 Å². The second kappa shape index (κ2) is 5.77. The number of aliphatic hydroxyl groups excluding tert-OH is 1. The molecule has 0 spiro atoms. The molecule has 1 aliphatic rings. The van der Waals surface area contributed by atoms with Gasteiger partial charge in [0.15, 0.2) is 0 Å². The van der Waals surface area contributed by atoms with Crippen molar-refractivity contribution in [3.05, 3.63) is 28.5 Å². The van der Waals surface area contributed by atoms with Crippen LogP contribution in [0.4, 0.5) is 0 Å². The Bertz CT molecular complexity index is 424. The number of aliphatic hydroxyl groups is 1. The minimum absolute atomic E-state index is 0.0664. The topological polar surface area (TPSA) is 62.7 Å². The molecule has 1 N–H and O–H groups in total. The first-order valence-corrected chi connectivity index (χ1v) is 6.56. The SMILES string of the molecule is CC1CN(C(=O)c2ccc(Br)nc2)CC(CO)O1. The Kier molecular flexibility index (Phi) is 4.31. The zero-order valence-corrected chi connectivity index (χ0v) is 11.6. The smallest absolute Gasteiger partial charge is 0.255 e. The average Bonchev–Trinajstić information content (AvgIpc) is 2.38. The number of halogens is 1. The van der Waals surface area contributed by atoms with Gasteiger partial charge in [-0.15, -0.1) is 0 Å². The predicted molar refractivity (Wildman–Crippen MR) is 69.3 cm³/mol. The van der Waals surface area contributed by atoms with Crippen molar-refractivity contribution in [2.24, 2.45) is 0 Å². The summed E-state index contributed by atoms with van der Waals surface area (Å²) in [5.41, 5.74) is 0.545. The lowest BCUT2D eigenvalue weighted by molar-refractivity contribution is -0.0858. The van der Waals surface area contributed by atoms with Crippen LogP contribution in [0.15, 0.2) is 22.9 Å². The Balaban J connectivity index is 2.10. The standard InChI is InChI=1S/C12H15BrN2O3/c1-8-5-15(6-10(7-16)18-8)12(17)9-2-3-11(13)14-4-9/h2-4,8,10,16H,5-7H2,1H3. The third kappa shape index (κ3) is 3.07. The van der Waals surface area contributed by atoms with Crippen LogP contribution in [0.3, 0.4) is 0 Å². The molecule has 5 nitrogen and oxygen atoms in total. The molecule has 0 aromatic carbocycles. The summed E-state index contributed by atoms with van der Waals surface area (Å²) in [6.07, 6.45) is 1.17. The fourth-order valence-electron chi connectivity index (χ4n) is 2.00. The van der Waals surface area contributed by atoms with Crippen molar-refractivity contribution in [3.8, 4) is 0 Å². The van der Waals surface area contributed by atoms with E-state index in [1.54, 1.807) is 23.2 Å². The molecule has 0 bridgehead atoms. The highest BCUT2D eigenvalue weighted by atomic mass is 79.9. The molecule has 6 heteroatoms. The van der Waals surface area contributed by atoms with E-state index in [9.17, 15) is 4.79 Å². The van der Waals surface area contributed by atoms with E-state index in [4.69, 9.17) is 9.84 Å². The normalized spacial score (nSPS) is 24.1. The molecular weight excluding hydrogens is 300 g/mol. The summed E-state index contributed by atoms with van der Waals surface area (Å²) in [5.74, 6) is -0.0800. The number of ether oxygens (including phenoxy) is 1. The van der Waals surface area contributed by atoms with Gasteiger partial charge in [0.2, 0.25) is 0 Å². The molecule has 2 unspecified atom stereocenters. The van der Waals surface area contributed by atoms with Gasteiger partial charge < -0.3 is 14.7 Å². The van der Waals surface area contributed by atoms with Crippen molar-refractivity contribution in [3.63, 3.8) is 0 Å².